The number of phenolic OH excluding ortho intramolecular Hbond substituents is 1. The molecule has 2 aromatic carbocycles. The highest BCUT2D eigenvalue weighted by molar-refractivity contribution is 7.89. The van der Waals surface area contributed by atoms with Crippen molar-refractivity contribution in [3.8, 4) is 5.75 Å². The minimum Gasteiger partial charge on any atom is -0.507 e. The third kappa shape index (κ3) is 5.04. The molecule has 138 valence electrons. The Bertz CT molecular complexity index is 923. The fraction of sp³-hybridized carbons (Fsp3) is 0.176. The lowest BCUT2D eigenvalue weighted by atomic mass is 10.1. The van der Waals surface area contributed by atoms with Gasteiger partial charge in [0.05, 0.1) is 4.90 Å². The molecule has 0 heterocycles. The Hall–Kier alpha value is -2.91. The minimum atomic E-state index is -3.77. The molecule has 4 N–H and O–H groups in total. The molecule has 0 aliphatic heterocycles. The van der Waals surface area contributed by atoms with Gasteiger partial charge in [-0.2, -0.15) is 0 Å². The van der Waals surface area contributed by atoms with Crippen LogP contribution in [0.2, 0.25) is 0 Å². The molecule has 0 unspecified atom stereocenters. The maximum Gasteiger partial charge on any atom is 0.342 e. The van der Waals surface area contributed by atoms with E-state index < -0.39 is 28.5 Å². The largest absolute Gasteiger partial charge is 0.507 e. The third-order valence-corrected chi connectivity index (χ3v) is 4.46. The van der Waals surface area contributed by atoms with Crippen molar-refractivity contribution in [1.29, 1.82) is 0 Å². The molecular weight excluding hydrogens is 360 g/mol. The molecule has 0 aromatic heterocycles. The number of phenols is 1. The first-order valence-corrected chi connectivity index (χ1v) is 9.07. The van der Waals surface area contributed by atoms with Crippen molar-refractivity contribution >= 4 is 21.9 Å². The van der Waals surface area contributed by atoms with Crippen LogP contribution in [0.5, 0.6) is 5.75 Å². The van der Waals surface area contributed by atoms with Crippen molar-refractivity contribution in [3.05, 3.63) is 59.2 Å². The van der Waals surface area contributed by atoms with Crippen LogP contribution in [-0.4, -0.2) is 32.0 Å². The Balaban J connectivity index is 1.85. The molecule has 1 amide bonds. The summed E-state index contributed by atoms with van der Waals surface area (Å²) >= 11 is 0. The van der Waals surface area contributed by atoms with Crippen molar-refractivity contribution in [2.75, 3.05) is 6.61 Å². The number of primary sulfonamides is 1. The number of carbonyl (C=O) groups excluding carboxylic acids is 2. The van der Waals surface area contributed by atoms with Gasteiger partial charge in [0.2, 0.25) is 10.0 Å². The molecule has 0 aliphatic carbocycles. The van der Waals surface area contributed by atoms with Crippen LogP contribution >= 0.6 is 0 Å². The lowest BCUT2D eigenvalue weighted by Gasteiger charge is -2.09. The summed E-state index contributed by atoms with van der Waals surface area (Å²) in [6, 6.07) is 10.3. The molecule has 26 heavy (non-hydrogen) atoms. The molecule has 0 spiro atoms. The van der Waals surface area contributed by atoms with E-state index >= 15 is 0 Å². The highest BCUT2D eigenvalue weighted by Crippen LogP contribution is 2.21. The maximum absolute atomic E-state index is 11.9. The fourth-order valence-electron chi connectivity index (χ4n) is 2.08. The summed E-state index contributed by atoms with van der Waals surface area (Å²) < 4.78 is 27.2. The minimum absolute atomic E-state index is 0.0172. The van der Waals surface area contributed by atoms with E-state index in [9.17, 15) is 23.1 Å². The van der Waals surface area contributed by atoms with Gasteiger partial charge in [-0.15, -0.1) is 0 Å². The van der Waals surface area contributed by atoms with Gasteiger partial charge in [0.25, 0.3) is 5.91 Å². The predicted molar refractivity (Wildman–Crippen MR) is 92.8 cm³/mol. The number of para-hydroxylation sites is 1. The number of amides is 1. The lowest BCUT2D eigenvalue weighted by Crippen LogP contribution is -2.28. The van der Waals surface area contributed by atoms with E-state index in [4.69, 9.17) is 9.88 Å². The van der Waals surface area contributed by atoms with Gasteiger partial charge in [-0.25, -0.2) is 18.4 Å². The normalized spacial score (nSPS) is 11.0. The van der Waals surface area contributed by atoms with Crippen molar-refractivity contribution in [3.63, 3.8) is 0 Å². The average molecular weight is 378 g/mol. The number of benzene rings is 2. The first-order valence-electron chi connectivity index (χ1n) is 7.52. The standard InChI is InChI=1S/C17H18N2O6S/c1-11-3-2-4-14(16(11)21)17(22)25-10-15(20)19-9-12-5-7-13(8-6-12)26(18,23)24/h2-8,21H,9-10H2,1H3,(H,19,20)(H2,18,23,24). The Morgan fingerprint density at radius 2 is 1.81 bits per heavy atom. The molecule has 0 aliphatic rings. The zero-order valence-electron chi connectivity index (χ0n) is 13.9. The number of ether oxygens (including phenoxy) is 1. The van der Waals surface area contributed by atoms with Crippen LogP contribution in [0.15, 0.2) is 47.4 Å². The predicted octanol–water partition coefficient (Wildman–Crippen LogP) is 0.821. The number of carbonyl (C=O) groups is 2. The quantitative estimate of drug-likeness (QED) is 0.637. The fourth-order valence-corrected chi connectivity index (χ4v) is 2.60. The summed E-state index contributed by atoms with van der Waals surface area (Å²) in [5.74, 6) is -1.53. The number of esters is 1. The second-order valence-corrected chi connectivity index (χ2v) is 7.07. The second kappa shape index (κ2) is 7.98. The van der Waals surface area contributed by atoms with Gasteiger partial charge < -0.3 is 15.2 Å². The molecule has 0 fully saturated rings. The molecule has 0 bridgehead atoms. The van der Waals surface area contributed by atoms with Crippen LogP contribution in [0.3, 0.4) is 0 Å². The third-order valence-electron chi connectivity index (χ3n) is 3.53. The first-order chi connectivity index (χ1) is 12.2. The van der Waals surface area contributed by atoms with Crippen molar-refractivity contribution < 1.29 is 27.9 Å². The number of aromatic hydroxyl groups is 1. The number of aryl methyl sites for hydroxylation is 1. The Morgan fingerprint density at radius 1 is 1.15 bits per heavy atom. The van der Waals surface area contributed by atoms with E-state index in [1.807, 2.05) is 0 Å². The van der Waals surface area contributed by atoms with Gasteiger partial charge >= 0.3 is 5.97 Å². The molecule has 2 rings (SSSR count). The van der Waals surface area contributed by atoms with Gasteiger partial charge in [0.1, 0.15) is 11.3 Å². The van der Waals surface area contributed by atoms with Crippen molar-refractivity contribution in [2.24, 2.45) is 5.14 Å². The Morgan fingerprint density at radius 3 is 2.42 bits per heavy atom. The molecule has 0 radical (unpaired) electrons. The second-order valence-electron chi connectivity index (χ2n) is 5.51. The van der Waals surface area contributed by atoms with Crippen LogP contribution in [0.4, 0.5) is 0 Å². The summed E-state index contributed by atoms with van der Waals surface area (Å²) in [4.78, 5) is 23.6. The van der Waals surface area contributed by atoms with Crippen molar-refractivity contribution in [2.45, 2.75) is 18.4 Å². The number of hydrogen-bond acceptors (Lipinski definition) is 6. The highest BCUT2D eigenvalue weighted by Gasteiger charge is 2.15. The van der Waals surface area contributed by atoms with E-state index in [1.165, 1.54) is 30.3 Å². The number of hydrogen-bond donors (Lipinski definition) is 3. The van der Waals surface area contributed by atoms with Crippen LogP contribution in [-0.2, 0) is 26.1 Å². The van der Waals surface area contributed by atoms with E-state index in [1.54, 1.807) is 19.1 Å². The van der Waals surface area contributed by atoms with E-state index in [-0.39, 0.29) is 22.8 Å². The van der Waals surface area contributed by atoms with E-state index in [2.05, 4.69) is 5.32 Å². The van der Waals surface area contributed by atoms with E-state index in [0.29, 0.717) is 11.1 Å². The summed E-state index contributed by atoms with van der Waals surface area (Å²) in [5, 5.41) is 17.3. The molecule has 0 saturated heterocycles. The summed E-state index contributed by atoms with van der Waals surface area (Å²) in [5.41, 5.74) is 1.15. The Labute approximate surface area is 150 Å². The molecule has 9 heteroatoms. The van der Waals surface area contributed by atoms with Crippen LogP contribution in [0.1, 0.15) is 21.5 Å². The molecular formula is C17H18N2O6S. The summed E-state index contributed by atoms with van der Waals surface area (Å²) in [6.07, 6.45) is 0. The number of nitrogens with one attached hydrogen (secondary N) is 1. The molecule has 2 aromatic rings. The van der Waals surface area contributed by atoms with Crippen LogP contribution in [0.25, 0.3) is 0 Å². The summed E-state index contributed by atoms with van der Waals surface area (Å²) in [6.45, 7) is 1.25. The SMILES string of the molecule is Cc1cccc(C(=O)OCC(=O)NCc2ccc(S(N)(=O)=O)cc2)c1O. The van der Waals surface area contributed by atoms with Gasteiger partial charge in [-0.05, 0) is 36.2 Å². The number of sulfonamides is 1. The number of nitrogens with two attached hydrogens (primary N) is 1. The van der Waals surface area contributed by atoms with Gasteiger partial charge in [-0.3, -0.25) is 4.79 Å². The zero-order chi connectivity index (χ0) is 19.3. The maximum atomic E-state index is 11.9. The first kappa shape index (κ1) is 19.4. The monoisotopic (exact) mass is 378 g/mol. The van der Waals surface area contributed by atoms with Crippen molar-refractivity contribution in [1.82, 2.24) is 5.32 Å². The molecule has 8 nitrogen and oxygen atoms in total. The van der Waals surface area contributed by atoms with Crippen LogP contribution in [0, 0.1) is 6.92 Å². The van der Waals surface area contributed by atoms with Gasteiger partial charge in [0.15, 0.2) is 6.61 Å². The van der Waals surface area contributed by atoms with Gasteiger partial charge in [0, 0.05) is 6.54 Å². The average Bonchev–Trinajstić information content (AvgIpc) is 2.59. The van der Waals surface area contributed by atoms with E-state index in [0.717, 1.165) is 0 Å². The lowest BCUT2D eigenvalue weighted by molar-refractivity contribution is -0.124. The smallest absolute Gasteiger partial charge is 0.342 e. The number of rotatable bonds is 6. The zero-order valence-corrected chi connectivity index (χ0v) is 14.7. The van der Waals surface area contributed by atoms with Crippen LogP contribution < -0.4 is 10.5 Å². The van der Waals surface area contributed by atoms with Gasteiger partial charge in [-0.1, -0.05) is 24.3 Å². The highest BCUT2D eigenvalue weighted by atomic mass is 32.2. The Kier molecular flexibility index (Phi) is 5.96. The molecule has 0 saturated carbocycles. The topological polar surface area (TPSA) is 136 Å². The molecule has 0 atom stereocenters. The summed E-state index contributed by atoms with van der Waals surface area (Å²) in [7, 11) is -3.77.